The molecule has 0 spiro atoms. The monoisotopic (exact) mass is 417 g/mol. The Bertz CT molecular complexity index is 1020. The molecule has 2 aromatic rings. The van der Waals surface area contributed by atoms with Crippen LogP contribution in [-0.4, -0.2) is 45.7 Å². The number of rotatable bonds is 3. The van der Waals surface area contributed by atoms with Crippen LogP contribution in [0.3, 0.4) is 0 Å². The fourth-order valence-electron chi connectivity index (χ4n) is 4.07. The van der Waals surface area contributed by atoms with Crippen LogP contribution in [0.1, 0.15) is 30.9 Å². The molecule has 1 atom stereocenters. The van der Waals surface area contributed by atoms with Gasteiger partial charge in [-0.05, 0) is 42.7 Å². The second kappa shape index (κ2) is 7.42. The molecule has 3 aliphatic heterocycles. The maximum Gasteiger partial charge on any atom is 0.243 e. The number of nitrogens with zero attached hydrogens (tertiary/aromatic N) is 1. The first-order chi connectivity index (χ1) is 14.1. The highest BCUT2D eigenvalue weighted by Gasteiger charge is 2.37. The van der Waals surface area contributed by atoms with Crippen molar-refractivity contribution in [2.24, 2.45) is 0 Å². The van der Waals surface area contributed by atoms with E-state index < -0.39 is 10.0 Å². The zero-order valence-electron chi connectivity index (χ0n) is 16.0. The van der Waals surface area contributed by atoms with E-state index in [1.165, 1.54) is 0 Å². The summed E-state index contributed by atoms with van der Waals surface area (Å²) in [5.41, 5.74) is 0.921. The number of benzene rings is 2. The van der Waals surface area contributed by atoms with Crippen LogP contribution in [0.5, 0.6) is 23.0 Å². The lowest BCUT2D eigenvalue weighted by molar-refractivity contribution is 0.171. The van der Waals surface area contributed by atoms with Gasteiger partial charge in [-0.25, -0.2) is 8.42 Å². The van der Waals surface area contributed by atoms with Gasteiger partial charge in [0.05, 0.1) is 24.2 Å². The third-order valence-corrected chi connectivity index (χ3v) is 7.38. The van der Waals surface area contributed by atoms with E-state index in [0.29, 0.717) is 56.0 Å². The molecule has 3 heterocycles. The zero-order valence-corrected chi connectivity index (χ0v) is 16.8. The standard InChI is InChI=1S/C21H23NO6S/c23-29(24,16-5-7-19-21(14-16)26-10-2-9-25-19)22-8-1-3-17(22)15-4-6-18-20(13-15)28-12-11-27-18/h4-7,13-14,17H,1-3,8-12H2. The Labute approximate surface area is 170 Å². The van der Waals surface area contributed by atoms with Gasteiger partial charge in [0.2, 0.25) is 10.0 Å². The van der Waals surface area contributed by atoms with Crippen molar-refractivity contribution in [2.75, 3.05) is 33.0 Å². The predicted octanol–water partition coefficient (Wildman–Crippen LogP) is 3.14. The maximum atomic E-state index is 13.5. The predicted molar refractivity (Wildman–Crippen MR) is 105 cm³/mol. The van der Waals surface area contributed by atoms with Gasteiger partial charge in [0.25, 0.3) is 0 Å². The van der Waals surface area contributed by atoms with Crippen molar-refractivity contribution in [3.8, 4) is 23.0 Å². The van der Waals surface area contributed by atoms with E-state index in [1.807, 2.05) is 18.2 Å². The van der Waals surface area contributed by atoms with Gasteiger partial charge in [-0.2, -0.15) is 4.31 Å². The number of fused-ring (bicyclic) bond motifs is 2. The number of hydrogen-bond donors (Lipinski definition) is 0. The lowest BCUT2D eigenvalue weighted by atomic mass is 10.0. The molecule has 0 aliphatic carbocycles. The minimum absolute atomic E-state index is 0.228. The second-order valence-corrected chi connectivity index (χ2v) is 9.23. The molecule has 0 bridgehead atoms. The quantitative estimate of drug-likeness (QED) is 0.764. The Morgan fingerprint density at radius 2 is 1.41 bits per heavy atom. The van der Waals surface area contributed by atoms with E-state index in [2.05, 4.69) is 0 Å². The summed E-state index contributed by atoms with van der Waals surface area (Å²) in [6.07, 6.45) is 2.35. The molecular formula is C21H23NO6S. The summed E-state index contributed by atoms with van der Waals surface area (Å²) in [7, 11) is -3.68. The Kier molecular flexibility index (Phi) is 4.75. The van der Waals surface area contributed by atoms with E-state index >= 15 is 0 Å². The molecule has 8 heteroatoms. The molecule has 0 amide bonds. The van der Waals surface area contributed by atoms with Gasteiger partial charge in [-0.1, -0.05) is 6.07 Å². The minimum atomic E-state index is -3.68. The molecule has 1 saturated heterocycles. The highest BCUT2D eigenvalue weighted by atomic mass is 32.2. The first-order valence-electron chi connectivity index (χ1n) is 9.94. The Balaban J connectivity index is 1.47. The average Bonchev–Trinajstić information content (AvgIpc) is 3.13. The summed E-state index contributed by atoms with van der Waals surface area (Å²) in [5, 5.41) is 0. The van der Waals surface area contributed by atoms with Crippen LogP contribution in [0.2, 0.25) is 0 Å². The smallest absolute Gasteiger partial charge is 0.243 e. The molecule has 0 saturated carbocycles. The van der Waals surface area contributed by atoms with Crippen LogP contribution in [0.25, 0.3) is 0 Å². The molecule has 1 fully saturated rings. The molecule has 3 aliphatic rings. The van der Waals surface area contributed by atoms with Crippen LogP contribution in [0.4, 0.5) is 0 Å². The minimum Gasteiger partial charge on any atom is -0.490 e. The maximum absolute atomic E-state index is 13.5. The van der Waals surface area contributed by atoms with Crippen LogP contribution < -0.4 is 18.9 Å². The fourth-order valence-corrected chi connectivity index (χ4v) is 5.77. The molecule has 1 unspecified atom stereocenters. The lowest BCUT2D eigenvalue weighted by Crippen LogP contribution is -2.30. The van der Waals surface area contributed by atoms with E-state index in [0.717, 1.165) is 24.8 Å². The third kappa shape index (κ3) is 3.40. The summed E-state index contributed by atoms with van der Waals surface area (Å²) in [6.45, 7) is 2.59. The Morgan fingerprint density at radius 3 is 2.24 bits per heavy atom. The average molecular weight is 417 g/mol. The Hall–Kier alpha value is -2.45. The molecule has 5 rings (SSSR count). The number of hydrogen-bond acceptors (Lipinski definition) is 6. The van der Waals surface area contributed by atoms with Crippen molar-refractivity contribution in [1.29, 1.82) is 0 Å². The summed E-state index contributed by atoms with van der Waals surface area (Å²) in [4.78, 5) is 0.228. The molecule has 7 nitrogen and oxygen atoms in total. The van der Waals surface area contributed by atoms with Crippen LogP contribution in [-0.2, 0) is 10.0 Å². The van der Waals surface area contributed by atoms with E-state index in [4.69, 9.17) is 18.9 Å². The van der Waals surface area contributed by atoms with Crippen molar-refractivity contribution >= 4 is 10.0 Å². The van der Waals surface area contributed by atoms with E-state index in [1.54, 1.807) is 22.5 Å². The molecule has 0 N–H and O–H groups in total. The zero-order chi connectivity index (χ0) is 19.8. The van der Waals surface area contributed by atoms with Gasteiger partial charge in [0.1, 0.15) is 13.2 Å². The second-order valence-electron chi connectivity index (χ2n) is 7.34. The summed E-state index contributed by atoms with van der Waals surface area (Å²) < 4.78 is 51.1. The van der Waals surface area contributed by atoms with Crippen molar-refractivity contribution in [3.63, 3.8) is 0 Å². The van der Waals surface area contributed by atoms with Gasteiger partial charge < -0.3 is 18.9 Å². The summed E-state index contributed by atoms with van der Waals surface area (Å²) in [5.74, 6) is 2.45. The molecule has 154 valence electrons. The van der Waals surface area contributed by atoms with Gasteiger partial charge in [0, 0.05) is 19.0 Å². The number of sulfonamides is 1. The van der Waals surface area contributed by atoms with Crippen LogP contribution in [0, 0.1) is 0 Å². The van der Waals surface area contributed by atoms with Crippen molar-refractivity contribution in [3.05, 3.63) is 42.0 Å². The SMILES string of the molecule is O=S(=O)(c1ccc2c(c1)OCCCO2)N1CCCC1c1ccc2c(c1)OCCO2. The summed E-state index contributed by atoms with van der Waals surface area (Å²) in [6, 6.07) is 10.3. The fraction of sp³-hybridized carbons (Fsp3) is 0.429. The molecular weight excluding hydrogens is 394 g/mol. The largest absolute Gasteiger partial charge is 0.490 e. The number of ether oxygens (including phenoxy) is 4. The van der Waals surface area contributed by atoms with Crippen LogP contribution >= 0.6 is 0 Å². The van der Waals surface area contributed by atoms with E-state index in [9.17, 15) is 8.42 Å². The van der Waals surface area contributed by atoms with E-state index in [-0.39, 0.29) is 10.9 Å². The summed E-state index contributed by atoms with van der Waals surface area (Å²) >= 11 is 0. The van der Waals surface area contributed by atoms with Gasteiger partial charge >= 0.3 is 0 Å². The first kappa shape index (κ1) is 18.6. The van der Waals surface area contributed by atoms with Gasteiger partial charge in [-0.15, -0.1) is 0 Å². The first-order valence-corrected chi connectivity index (χ1v) is 11.4. The van der Waals surface area contributed by atoms with Crippen molar-refractivity contribution < 1.29 is 27.4 Å². The van der Waals surface area contributed by atoms with Crippen molar-refractivity contribution in [1.82, 2.24) is 4.31 Å². The molecule has 0 radical (unpaired) electrons. The van der Waals surface area contributed by atoms with Gasteiger partial charge in [-0.3, -0.25) is 0 Å². The molecule has 29 heavy (non-hydrogen) atoms. The normalized spacial score (nSPS) is 21.6. The topological polar surface area (TPSA) is 74.3 Å². The highest BCUT2D eigenvalue weighted by molar-refractivity contribution is 7.89. The van der Waals surface area contributed by atoms with Gasteiger partial charge in [0.15, 0.2) is 23.0 Å². The molecule has 0 aromatic heterocycles. The highest BCUT2D eigenvalue weighted by Crippen LogP contribution is 2.41. The van der Waals surface area contributed by atoms with Crippen LogP contribution in [0.15, 0.2) is 41.3 Å². The Morgan fingerprint density at radius 1 is 0.759 bits per heavy atom. The third-order valence-electron chi connectivity index (χ3n) is 5.48. The lowest BCUT2D eigenvalue weighted by Gasteiger charge is -2.26. The van der Waals surface area contributed by atoms with Crippen molar-refractivity contribution in [2.45, 2.75) is 30.2 Å². The molecule has 2 aromatic carbocycles.